The van der Waals surface area contributed by atoms with Crippen LogP contribution in [0.15, 0.2) is 66.7 Å². The van der Waals surface area contributed by atoms with Crippen molar-refractivity contribution in [1.82, 2.24) is 5.32 Å². The lowest BCUT2D eigenvalue weighted by Gasteiger charge is -2.39. The highest BCUT2D eigenvalue weighted by atomic mass is 32.1. The van der Waals surface area contributed by atoms with Crippen molar-refractivity contribution in [3.8, 4) is 27.7 Å². The average molecular weight is 528 g/mol. The molecule has 3 N–H and O–H groups in total. The van der Waals surface area contributed by atoms with E-state index in [2.05, 4.69) is 5.32 Å². The zero-order valence-electron chi connectivity index (χ0n) is 21.4. The number of piperidine rings is 1. The van der Waals surface area contributed by atoms with Gasteiger partial charge in [-0.25, -0.2) is 0 Å². The lowest BCUT2D eigenvalue weighted by Crippen LogP contribution is -2.42. The highest BCUT2D eigenvalue weighted by Crippen LogP contribution is 2.42. The standard InChI is InChI=1S/C32H33NO4S/c34-23-11-7-21(8-12-23)32-30(27-16-13-24(35)18-29(27)38-32)31(36)20-9-14-25(15-10-20)37-28-6-2-1-5-26(28)22-4-3-17-33-19-22/h7-16,18,22,26,28,33-35H,1-6,17,19H2. The maximum absolute atomic E-state index is 13.9. The summed E-state index contributed by atoms with van der Waals surface area (Å²) in [5.41, 5.74) is 2.07. The smallest absolute Gasteiger partial charge is 0.195 e. The number of carbonyl (C=O) groups excluding carboxylic acids is 1. The molecule has 196 valence electrons. The predicted molar refractivity (Wildman–Crippen MR) is 152 cm³/mol. The number of aromatic hydroxyl groups is 2. The number of hydrogen-bond acceptors (Lipinski definition) is 6. The van der Waals surface area contributed by atoms with Crippen LogP contribution in [0, 0.1) is 11.8 Å². The maximum atomic E-state index is 13.9. The third kappa shape index (κ3) is 5.03. The molecule has 1 aromatic heterocycles. The van der Waals surface area contributed by atoms with Gasteiger partial charge < -0.3 is 20.3 Å². The van der Waals surface area contributed by atoms with Gasteiger partial charge in [0.2, 0.25) is 0 Å². The van der Waals surface area contributed by atoms with E-state index in [9.17, 15) is 15.0 Å². The van der Waals surface area contributed by atoms with E-state index in [1.807, 2.05) is 36.4 Å². The van der Waals surface area contributed by atoms with E-state index in [0.717, 1.165) is 45.8 Å². The molecule has 1 aliphatic carbocycles. The van der Waals surface area contributed by atoms with Crippen LogP contribution < -0.4 is 10.1 Å². The molecular formula is C32H33NO4S. The van der Waals surface area contributed by atoms with E-state index in [4.69, 9.17) is 4.74 Å². The number of benzene rings is 3. The minimum Gasteiger partial charge on any atom is -0.508 e. The van der Waals surface area contributed by atoms with Crippen LogP contribution in [0.25, 0.3) is 20.5 Å². The summed E-state index contributed by atoms with van der Waals surface area (Å²) >= 11 is 1.47. The summed E-state index contributed by atoms with van der Waals surface area (Å²) < 4.78 is 7.39. The van der Waals surface area contributed by atoms with Gasteiger partial charge >= 0.3 is 0 Å². The zero-order chi connectivity index (χ0) is 26.1. The van der Waals surface area contributed by atoms with Gasteiger partial charge in [0, 0.05) is 26.1 Å². The van der Waals surface area contributed by atoms with Crippen LogP contribution in [0.5, 0.6) is 17.2 Å². The summed E-state index contributed by atoms with van der Waals surface area (Å²) in [4.78, 5) is 14.7. The topological polar surface area (TPSA) is 78.8 Å². The molecule has 2 heterocycles. The Labute approximate surface area is 227 Å². The Kier molecular flexibility index (Phi) is 7.09. The number of thiophene rings is 1. The maximum Gasteiger partial charge on any atom is 0.195 e. The average Bonchev–Trinajstić information content (AvgIpc) is 3.33. The van der Waals surface area contributed by atoms with E-state index in [0.29, 0.717) is 23.0 Å². The van der Waals surface area contributed by atoms with E-state index >= 15 is 0 Å². The Bertz CT molecular complexity index is 1420. The van der Waals surface area contributed by atoms with Gasteiger partial charge in [0.05, 0.1) is 0 Å². The first-order chi connectivity index (χ1) is 18.6. The molecule has 3 atom stereocenters. The van der Waals surface area contributed by atoms with Gasteiger partial charge in [-0.1, -0.05) is 6.42 Å². The molecule has 5 nitrogen and oxygen atoms in total. The van der Waals surface area contributed by atoms with Crippen LogP contribution in [0.1, 0.15) is 54.4 Å². The monoisotopic (exact) mass is 527 g/mol. The van der Waals surface area contributed by atoms with E-state index in [1.54, 1.807) is 30.3 Å². The van der Waals surface area contributed by atoms with Crippen molar-refractivity contribution in [2.45, 2.75) is 44.6 Å². The van der Waals surface area contributed by atoms with Gasteiger partial charge in [-0.2, -0.15) is 0 Å². The van der Waals surface area contributed by atoms with Gasteiger partial charge in [0.25, 0.3) is 0 Å². The first-order valence-electron chi connectivity index (χ1n) is 13.6. The molecule has 0 radical (unpaired) electrons. The van der Waals surface area contributed by atoms with Crippen molar-refractivity contribution in [3.63, 3.8) is 0 Å². The fraction of sp³-hybridized carbons (Fsp3) is 0.344. The summed E-state index contributed by atoms with van der Waals surface area (Å²) in [5, 5.41) is 24.2. The molecule has 6 heteroatoms. The summed E-state index contributed by atoms with van der Waals surface area (Å²) in [5.74, 6) is 2.36. The summed E-state index contributed by atoms with van der Waals surface area (Å²) in [6.45, 7) is 2.22. The predicted octanol–water partition coefficient (Wildman–Crippen LogP) is 7.15. The molecule has 2 fully saturated rings. The van der Waals surface area contributed by atoms with Crippen LogP contribution in [0.2, 0.25) is 0 Å². The van der Waals surface area contributed by atoms with E-state index < -0.39 is 0 Å². The largest absolute Gasteiger partial charge is 0.508 e. The van der Waals surface area contributed by atoms with Crippen LogP contribution in [-0.2, 0) is 0 Å². The minimum absolute atomic E-state index is 0.0691. The lowest BCUT2D eigenvalue weighted by atomic mass is 9.75. The fourth-order valence-corrected chi connectivity index (χ4v) is 7.42. The van der Waals surface area contributed by atoms with Crippen LogP contribution >= 0.6 is 11.3 Å². The molecule has 1 saturated carbocycles. The summed E-state index contributed by atoms with van der Waals surface area (Å²) in [6.07, 6.45) is 7.56. The van der Waals surface area contributed by atoms with Crippen molar-refractivity contribution >= 4 is 27.2 Å². The summed E-state index contributed by atoms with van der Waals surface area (Å²) in [7, 11) is 0. The van der Waals surface area contributed by atoms with Crippen LogP contribution in [0.4, 0.5) is 0 Å². The van der Waals surface area contributed by atoms with E-state index in [-0.39, 0.29) is 23.4 Å². The molecule has 4 aromatic rings. The molecule has 0 spiro atoms. The molecule has 0 amide bonds. The molecule has 1 aliphatic heterocycles. The Morgan fingerprint density at radius 3 is 2.39 bits per heavy atom. The molecule has 1 saturated heterocycles. The first-order valence-corrected chi connectivity index (χ1v) is 14.5. The third-order valence-electron chi connectivity index (χ3n) is 8.13. The number of hydrogen-bond donors (Lipinski definition) is 3. The van der Waals surface area contributed by atoms with Crippen molar-refractivity contribution in [3.05, 3.63) is 77.9 Å². The number of phenols is 2. The van der Waals surface area contributed by atoms with Gasteiger partial charge in [0.15, 0.2) is 5.78 Å². The second kappa shape index (κ2) is 10.8. The van der Waals surface area contributed by atoms with Crippen LogP contribution in [0.3, 0.4) is 0 Å². The van der Waals surface area contributed by atoms with Crippen LogP contribution in [-0.4, -0.2) is 35.2 Å². The van der Waals surface area contributed by atoms with Gasteiger partial charge in [-0.3, -0.25) is 4.79 Å². The van der Waals surface area contributed by atoms with Crippen molar-refractivity contribution in [2.24, 2.45) is 11.8 Å². The lowest BCUT2D eigenvalue weighted by molar-refractivity contribution is 0.0482. The number of nitrogens with one attached hydrogen (secondary N) is 1. The highest BCUT2D eigenvalue weighted by molar-refractivity contribution is 7.22. The Morgan fingerprint density at radius 1 is 0.868 bits per heavy atom. The highest BCUT2D eigenvalue weighted by Gasteiger charge is 2.34. The second-order valence-corrected chi connectivity index (χ2v) is 11.7. The Hall–Kier alpha value is -3.35. The molecule has 6 rings (SSSR count). The number of ether oxygens (including phenoxy) is 1. The number of ketones is 1. The second-order valence-electron chi connectivity index (χ2n) is 10.6. The van der Waals surface area contributed by atoms with Crippen molar-refractivity contribution in [2.75, 3.05) is 13.1 Å². The fourth-order valence-electron chi connectivity index (χ4n) is 6.19. The molecule has 3 unspecified atom stereocenters. The molecule has 2 aliphatic rings. The van der Waals surface area contributed by atoms with Gasteiger partial charge in [-0.05, 0) is 129 Å². The quantitative estimate of drug-likeness (QED) is 0.232. The van der Waals surface area contributed by atoms with Crippen molar-refractivity contribution < 1.29 is 19.7 Å². The summed E-state index contributed by atoms with van der Waals surface area (Å²) in [6, 6.07) is 19.6. The normalized spacial score (nSPS) is 21.8. The minimum atomic E-state index is -0.0691. The molecule has 0 bridgehead atoms. The third-order valence-corrected chi connectivity index (χ3v) is 9.33. The number of rotatable bonds is 6. The zero-order valence-corrected chi connectivity index (χ0v) is 22.2. The van der Waals surface area contributed by atoms with Gasteiger partial charge in [0.1, 0.15) is 23.4 Å². The number of carbonyl (C=O) groups is 1. The SMILES string of the molecule is O=C(c1ccc(OC2CCCCC2C2CCCNC2)cc1)c1c(-c2ccc(O)cc2)sc2cc(O)ccc12. The number of fused-ring (bicyclic) bond motifs is 1. The molecule has 38 heavy (non-hydrogen) atoms. The van der Waals surface area contributed by atoms with Crippen molar-refractivity contribution in [1.29, 1.82) is 0 Å². The van der Waals surface area contributed by atoms with E-state index in [1.165, 1.54) is 43.4 Å². The molecule has 3 aromatic carbocycles. The molecular weight excluding hydrogens is 494 g/mol. The van der Waals surface area contributed by atoms with Gasteiger partial charge in [-0.15, -0.1) is 11.3 Å². The first kappa shape index (κ1) is 25.0. The Morgan fingerprint density at radius 2 is 1.63 bits per heavy atom. The number of phenolic OH excluding ortho intramolecular Hbond substituents is 2. The Balaban J connectivity index is 1.27.